The first kappa shape index (κ1) is 13.4. The Morgan fingerprint density at radius 1 is 1.38 bits per heavy atom. The van der Waals surface area contributed by atoms with Crippen LogP contribution in [0.4, 0.5) is 0 Å². The van der Waals surface area contributed by atoms with Crippen LogP contribution >= 0.6 is 11.3 Å². The zero-order valence-electron chi connectivity index (χ0n) is 10.3. The standard InChI is InChI=1S/C13H20O2S/c1-4-13(5-2,15-6-3)12(14)9-11-7-8-16-10-11/h7-8,10H,4-6,9H2,1-3H3. The molecule has 1 heterocycles. The summed E-state index contributed by atoms with van der Waals surface area (Å²) in [5.41, 5.74) is 0.525. The molecule has 0 aliphatic rings. The molecule has 1 aromatic rings. The van der Waals surface area contributed by atoms with Crippen molar-refractivity contribution in [3.63, 3.8) is 0 Å². The Morgan fingerprint density at radius 3 is 2.50 bits per heavy atom. The zero-order chi connectivity index (χ0) is 12.0. The van der Waals surface area contributed by atoms with E-state index in [9.17, 15) is 4.79 Å². The molecule has 90 valence electrons. The summed E-state index contributed by atoms with van der Waals surface area (Å²) in [4.78, 5) is 12.3. The molecule has 0 saturated heterocycles. The Labute approximate surface area is 102 Å². The Kier molecular flexibility index (Phi) is 5.16. The largest absolute Gasteiger partial charge is 0.368 e. The summed E-state index contributed by atoms with van der Waals surface area (Å²) in [6.07, 6.45) is 1.99. The van der Waals surface area contributed by atoms with E-state index in [1.54, 1.807) is 11.3 Å². The molecule has 0 saturated carbocycles. The molecule has 0 atom stereocenters. The Balaban J connectivity index is 2.74. The highest BCUT2D eigenvalue weighted by molar-refractivity contribution is 7.08. The van der Waals surface area contributed by atoms with Gasteiger partial charge in [0.1, 0.15) is 5.60 Å². The second-order valence-electron chi connectivity index (χ2n) is 3.87. The first-order valence-electron chi connectivity index (χ1n) is 5.86. The molecule has 1 aromatic heterocycles. The van der Waals surface area contributed by atoms with Crippen LogP contribution in [0.3, 0.4) is 0 Å². The maximum Gasteiger partial charge on any atom is 0.168 e. The molecule has 0 aliphatic heterocycles. The fraction of sp³-hybridized carbons (Fsp3) is 0.615. The van der Waals surface area contributed by atoms with E-state index in [1.807, 2.05) is 37.6 Å². The van der Waals surface area contributed by atoms with Crippen molar-refractivity contribution < 1.29 is 9.53 Å². The summed E-state index contributed by atoms with van der Waals surface area (Å²) in [6.45, 7) is 6.57. The van der Waals surface area contributed by atoms with E-state index < -0.39 is 5.60 Å². The molecule has 2 nitrogen and oxygen atoms in total. The normalized spacial score (nSPS) is 11.7. The smallest absolute Gasteiger partial charge is 0.168 e. The van der Waals surface area contributed by atoms with Gasteiger partial charge in [0, 0.05) is 13.0 Å². The van der Waals surface area contributed by atoms with Crippen molar-refractivity contribution in [1.82, 2.24) is 0 Å². The van der Waals surface area contributed by atoms with E-state index in [-0.39, 0.29) is 5.78 Å². The van der Waals surface area contributed by atoms with Crippen molar-refractivity contribution in [2.45, 2.75) is 45.6 Å². The van der Waals surface area contributed by atoms with Gasteiger partial charge in [-0.2, -0.15) is 11.3 Å². The van der Waals surface area contributed by atoms with Gasteiger partial charge in [-0.15, -0.1) is 0 Å². The molecule has 0 aromatic carbocycles. The van der Waals surface area contributed by atoms with Gasteiger partial charge in [-0.3, -0.25) is 4.79 Å². The number of carbonyl (C=O) groups excluding carboxylic acids is 1. The van der Waals surface area contributed by atoms with Gasteiger partial charge in [0.2, 0.25) is 0 Å². The minimum atomic E-state index is -0.573. The van der Waals surface area contributed by atoms with Crippen LogP contribution in [0, 0.1) is 0 Å². The van der Waals surface area contributed by atoms with E-state index in [1.165, 1.54) is 0 Å². The second kappa shape index (κ2) is 6.16. The van der Waals surface area contributed by atoms with Crippen molar-refractivity contribution in [3.8, 4) is 0 Å². The lowest BCUT2D eigenvalue weighted by Crippen LogP contribution is -2.41. The van der Waals surface area contributed by atoms with Crippen molar-refractivity contribution in [3.05, 3.63) is 22.4 Å². The fourth-order valence-corrected chi connectivity index (χ4v) is 2.61. The SMILES string of the molecule is CCOC(CC)(CC)C(=O)Cc1ccsc1. The summed E-state index contributed by atoms with van der Waals surface area (Å²) in [6, 6.07) is 2.00. The maximum absolute atomic E-state index is 12.3. The minimum absolute atomic E-state index is 0.206. The van der Waals surface area contributed by atoms with Crippen LogP contribution in [0.1, 0.15) is 39.2 Å². The lowest BCUT2D eigenvalue weighted by atomic mass is 9.88. The predicted octanol–water partition coefficient (Wildman–Crippen LogP) is 3.46. The number of hydrogen-bond donors (Lipinski definition) is 0. The van der Waals surface area contributed by atoms with Gasteiger partial charge < -0.3 is 4.74 Å². The van der Waals surface area contributed by atoms with Crippen LogP contribution in [0.2, 0.25) is 0 Å². The van der Waals surface area contributed by atoms with Crippen molar-refractivity contribution in [1.29, 1.82) is 0 Å². The molecule has 0 radical (unpaired) electrons. The number of hydrogen-bond acceptors (Lipinski definition) is 3. The maximum atomic E-state index is 12.3. The van der Waals surface area contributed by atoms with Crippen molar-refractivity contribution in [2.75, 3.05) is 6.61 Å². The number of ether oxygens (including phenoxy) is 1. The average molecular weight is 240 g/mol. The number of thiophene rings is 1. The number of rotatable bonds is 7. The summed E-state index contributed by atoms with van der Waals surface area (Å²) >= 11 is 1.63. The first-order chi connectivity index (χ1) is 7.68. The molecular formula is C13H20O2S. The van der Waals surface area contributed by atoms with E-state index in [4.69, 9.17) is 4.74 Å². The monoisotopic (exact) mass is 240 g/mol. The topological polar surface area (TPSA) is 26.3 Å². The Hall–Kier alpha value is -0.670. The molecular weight excluding hydrogens is 220 g/mol. The Morgan fingerprint density at radius 2 is 2.06 bits per heavy atom. The molecule has 1 rings (SSSR count). The molecule has 3 heteroatoms. The first-order valence-corrected chi connectivity index (χ1v) is 6.81. The van der Waals surface area contributed by atoms with Crippen LogP contribution in [0.25, 0.3) is 0 Å². The third-order valence-corrected chi connectivity index (χ3v) is 3.75. The van der Waals surface area contributed by atoms with Crippen LogP contribution in [-0.2, 0) is 16.0 Å². The van der Waals surface area contributed by atoms with Gasteiger partial charge in [0.05, 0.1) is 0 Å². The lowest BCUT2D eigenvalue weighted by molar-refractivity contribution is -0.144. The quantitative estimate of drug-likeness (QED) is 0.729. The summed E-state index contributed by atoms with van der Waals surface area (Å²) < 4.78 is 5.69. The highest BCUT2D eigenvalue weighted by atomic mass is 32.1. The molecule has 0 unspecified atom stereocenters. The lowest BCUT2D eigenvalue weighted by Gasteiger charge is -2.29. The molecule has 0 N–H and O–H groups in total. The highest BCUT2D eigenvalue weighted by Gasteiger charge is 2.34. The van der Waals surface area contributed by atoms with Crippen LogP contribution in [-0.4, -0.2) is 18.0 Å². The molecule has 0 bridgehead atoms. The molecule has 0 amide bonds. The summed E-state index contributed by atoms with van der Waals surface area (Å²) in [5, 5.41) is 4.03. The second-order valence-corrected chi connectivity index (χ2v) is 4.65. The third kappa shape index (κ3) is 2.92. The Bertz CT molecular complexity index is 313. The van der Waals surface area contributed by atoms with Crippen molar-refractivity contribution >= 4 is 17.1 Å². The van der Waals surface area contributed by atoms with Crippen molar-refractivity contribution in [2.24, 2.45) is 0 Å². The number of carbonyl (C=O) groups is 1. The van der Waals surface area contributed by atoms with Gasteiger partial charge in [-0.25, -0.2) is 0 Å². The molecule has 0 fully saturated rings. The van der Waals surface area contributed by atoms with Crippen LogP contribution in [0.15, 0.2) is 16.8 Å². The van der Waals surface area contributed by atoms with Crippen LogP contribution in [0.5, 0.6) is 0 Å². The number of Topliss-reactive ketones (excluding diaryl/α,β-unsaturated/α-hetero) is 1. The minimum Gasteiger partial charge on any atom is -0.368 e. The third-order valence-electron chi connectivity index (χ3n) is 3.02. The average Bonchev–Trinajstić information content (AvgIpc) is 2.78. The van der Waals surface area contributed by atoms with Crippen LogP contribution < -0.4 is 0 Å². The molecule has 0 spiro atoms. The molecule has 0 aliphatic carbocycles. The summed E-state index contributed by atoms with van der Waals surface area (Å²) in [5.74, 6) is 0.206. The van der Waals surface area contributed by atoms with E-state index >= 15 is 0 Å². The summed E-state index contributed by atoms with van der Waals surface area (Å²) in [7, 11) is 0. The van der Waals surface area contributed by atoms with Gasteiger partial charge in [0.15, 0.2) is 5.78 Å². The van der Waals surface area contributed by atoms with Gasteiger partial charge in [0.25, 0.3) is 0 Å². The fourth-order valence-electron chi connectivity index (χ4n) is 1.94. The van der Waals surface area contributed by atoms with E-state index in [0.717, 1.165) is 18.4 Å². The van der Waals surface area contributed by atoms with Gasteiger partial charge in [-0.05, 0) is 42.2 Å². The van der Waals surface area contributed by atoms with Gasteiger partial charge >= 0.3 is 0 Å². The molecule has 16 heavy (non-hydrogen) atoms. The van der Waals surface area contributed by atoms with E-state index in [2.05, 4.69) is 0 Å². The number of ketones is 1. The van der Waals surface area contributed by atoms with Gasteiger partial charge in [-0.1, -0.05) is 13.8 Å². The zero-order valence-corrected chi connectivity index (χ0v) is 11.1. The predicted molar refractivity (Wildman–Crippen MR) is 68.0 cm³/mol. The highest BCUT2D eigenvalue weighted by Crippen LogP contribution is 2.24. The van der Waals surface area contributed by atoms with E-state index in [0.29, 0.717) is 13.0 Å².